The molecule has 1 rings (SSSR count). The van der Waals surface area contributed by atoms with Gasteiger partial charge in [-0.15, -0.1) is 0 Å². The van der Waals surface area contributed by atoms with Crippen molar-refractivity contribution in [2.75, 3.05) is 6.54 Å². The van der Waals surface area contributed by atoms with E-state index in [1.165, 1.54) is 6.07 Å². The third-order valence-electron chi connectivity index (χ3n) is 2.45. The molecule has 0 bridgehead atoms. The van der Waals surface area contributed by atoms with E-state index < -0.39 is 23.2 Å². The number of hydrogen-bond acceptors (Lipinski definition) is 2. The molecule has 0 saturated heterocycles. The van der Waals surface area contributed by atoms with Gasteiger partial charge in [-0.25, -0.2) is 0 Å². The van der Waals surface area contributed by atoms with E-state index in [1.54, 1.807) is 36.4 Å². The minimum Gasteiger partial charge on any atom is -0.346 e. The number of hydrogen-bond donors (Lipinski definition) is 2. The van der Waals surface area contributed by atoms with E-state index in [-0.39, 0.29) is 12.1 Å². The number of rotatable bonds is 3. The SMILES string of the molecule is CC(C)(CN)NC(=O)c1cc(I)cc(C(F)(F)F)c1. The van der Waals surface area contributed by atoms with Crippen molar-refractivity contribution in [3.8, 4) is 0 Å². The average molecular weight is 386 g/mol. The first-order valence-electron chi connectivity index (χ1n) is 5.45. The summed E-state index contributed by atoms with van der Waals surface area (Å²) in [6.45, 7) is 3.59. The Kier molecular flexibility index (Phi) is 4.83. The summed E-state index contributed by atoms with van der Waals surface area (Å²) in [4.78, 5) is 11.9. The highest BCUT2D eigenvalue weighted by Crippen LogP contribution is 2.31. The second kappa shape index (κ2) is 5.66. The fraction of sp³-hybridized carbons (Fsp3) is 0.417. The molecule has 0 saturated carbocycles. The van der Waals surface area contributed by atoms with E-state index in [0.717, 1.165) is 12.1 Å². The van der Waals surface area contributed by atoms with E-state index in [4.69, 9.17) is 5.73 Å². The molecular weight excluding hydrogens is 372 g/mol. The third kappa shape index (κ3) is 4.64. The summed E-state index contributed by atoms with van der Waals surface area (Å²) in [5.74, 6) is -0.570. The number of benzene rings is 1. The van der Waals surface area contributed by atoms with Crippen LogP contribution in [0.25, 0.3) is 0 Å². The van der Waals surface area contributed by atoms with E-state index in [2.05, 4.69) is 5.32 Å². The first-order valence-corrected chi connectivity index (χ1v) is 6.53. The quantitative estimate of drug-likeness (QED) is 0.786. The van der Waals surface area contributed by atoms with Gasteiger partial charge in [0, 0.05) is 21.2 Å². The zero-order valence-electron chi connectivity index (χ0n) is 10.4. The first kappa shape index (κ1) is 16.2. The fourth-order valence-electron chi connectivity index (χ4n) is 1.31. The van der Waals surface area contributed by atoms with Crippen LogP contribution in [0.1, 0.15) is 29.8 Å². The van der Waals surface area contributed by atoms with E-state index in [9.17, 15) is 18.0 Å². The molecular formula is C12H14F3IN2O. The van der Waals surface area contributed by atoms with Crippen LogP contribution in [0.3, 0.4) is 0 Å². The van der Waals surface area contributed by atoms with Gasteiger partial charge in [0.2, 0.25) is 0 Å². The number of carbonyl (C=O) groups excluding carboxylic acids is 1. The lowest BCUT2D eigenvalue weighted by atomic mass is 10.0. The van der Waals surface area contributed by atoms with Crippen LogP contribution in [0.2, 0.25) is 0 Å². The van der Waals surface area contributed by atoms with Crippen LogP contribution in [-0.2, 0) is 6.18 Å². The Labute approximate surface area is 122 Å². The maximum absolute atomic E-state index is 12.7. The van der Waals surface area contributed by atoms with Crippen molar-refractivity contribution in [1.29, 1.82) is 0 Å². The van der Waals surface area contributed by atoms with E-state index >= 15 is 0 Å². The highest BCUT2D eigenvalue weighted by atomic mass is 127. The Balaban J connectivity index is 3.08. The largest absolute Gasteiger partial charge is 0.416 e. The molecule has 0 spiro atoms. The van der Waals surface area contributed by atoms with Crippen LogP contribution >= 0.6 is 22.6 Å². The molecule has 0 fully saturated rings. The van der Waals surface area contributed by atoms with Gasteiger partial charge in [-0.1, -0.05) is 0 Å². The summed E-state index contributed by atoms with van der Waals surface area (Å²) in [6.07, 6.45) is -4.47. The van der Waals surface area contributed by atoms with Gasteiger partial charge in [-0.3, -0.25) is 4.79 Å². The first-order chi connectivity index (χ1) is 8.55. The van der Waals surface area contributed by atoms with Gasteiger partial charge in [0.25, 0.3) is 5.91 Å². The lowest BCUT2D eigenvalue weighted by Crippen LogP contribution is -2.48. The Morgan fingerprint density at radius 1 is 1.32 bits per heavy atom. The highest BCUT2D eigenvalue weighted by molar-refractivity contribution is 14.1. The average Bonchev–Trinajstić information content (AvgIpc) is 2.26. The zero-order chi connectivity index (χ0) is 14.8. The van der Waals surface area contributed by atoms with Crippen molar-refractivity contribution in [3.63, 3.8) is 0 Å². The molecule has 106 valence electrons. The fourth-order valence-corrected chi connectivity index (χ4v) is 1.99. The molecule has 1 aromatic rings. The van der Waals surface area contributed by atoms with Crippen molar-refractivity contribution in [2.45, 2.75) is 25.6 Å². The van der Waals surface area contributed by atoms with Gasteiger partial charge in [0.1, 0.15) is 0 Å². The Hall–Kier alpha value is -0.830. The predicted octanol–water partition coefficient (Wildman–Crippen LogP) is 2.78. The normalized spacial score (nSPS) is 12.4. The molecule has 0 heterocycles. The number of alkyl halides is 3. The lowest BCUT2D eigenvalue weighted by Gasteiger charge is -2.24. The van der Waals surface area contributed by atoms with E-state index in [1.807, 2.05) is 0 Å². The van der Waals surface area contributed by atoms with Crippen molar-refractivity contribution >= 4 is 28.5 Å². The molecule has 1 aromatic carbocycles. The number of nitrogens with two attached hydrogens (primary N) is 1. The molecule has 0 aromatic heterocycles. The lowest BCUT2D eigenvalue weighted by molar-refractivity contribution is -0.137. The molecule has 3 N–H and O–H groups in total. The van der Waals surface area contributed by atoms with Gasteiger partial charge >= 0.3 is 6.18 Å². The van der Waals surface area contributed by atoms with Crippen LogP contribution in [0, 0.1) is 3.57 Å². The van der Waals surface area contributed by atoms with Crippen LogP contribution in [0.5, 0.6) is 0 Å². The number of halogens is 4. The van der Waals surface area contributed by atoms with Gasteiger partial charge in [-0.2, -0.15) is 13.2 Å². The van der Waals surface area contributed by atoms with Crippen molar-refractivity contribution in [1.82, 2.24) is 5.32 Å². The topological polar surface area (TPSA) is 55.1 Å². The van der Waals surface area contributed by atoms with Crippen molar-refractivity contribution in [3.05, 3.63) is 32.9 Å². The van der Waals surface area contributed by atoms with Crippen LogP contribution in [0.15, 0.2) is 18.2 Å². The number of amides is 1. The summed E-state index contributed by atoms with van der Waals surface area (Å²) in [5.41, 5.74) is 3.93. The Bertz CT molecular complexity index is 486. The monoisotopic (exact) mass is 386 g/mol. The van der Waals surface area contributed by atoms with Crippen LogP contribution < -0.4 is 11.1 Å². The van der Waals surface area contributed by atoms with Crippen LogP contribution in [0.4, 0.5) is 13.2 Å². The van der Waals surface area contributed by atoms with Crippen LogP contribution in [-0.4, -0.2) is 18.0 Å². The van der Waals surface area contributed by atoms with Crippen molar-refractivity contribution in [2.24, 2.45) is 5.73 Å². The highest BCUT2D eigenvalue weighted by Gasteiger charge is 2.32. The maximum Gasteiger partial charge on any atom is 0.416 e. The molecule has 0 aliphatic heterocycles. The van der Waals surface area contributed by atoms with E-state index in [0.29, 0.717) is 3.57 Å². The van der Waals surface area contributed by atoms with Gasteiger partial charge < -0.3 is 11.1 Å². The number of nitrogens with one attached hydrogen (secondary N) is 1. The molecule has 0 unspecified atom stereocenters. The maximum atomic E-state index is 12.7. The Morgan fingerprint density at radius 2 is 1.89 bits per heavy atom. The second-order valence-electron chi connectivity index (χ2n) is 4.77. The van der Waals surface area contributed by atoms with Gasteiger partial charge in [0.05, 0.1) is 5.56 Å². The predicted molar refractivity (Wildman–Crippen MR) is 74.8 cm³/mol. The summed E-state index contributed by atoms with van der Waals surface area (Å²) >= 11 is 1.75. The van der Waals surface area contributed by atoms with Gasteiger partial charge in [0.15, 0.2) is 0 Å². The molecule has 0 radical (unpaired) electrons. The smallest absolute Gasteiger partial charge is 0.346 e. The standard InChI is InChI=1S/C12H14F3IN2O/c1-11(2,6-17)18-10(19)7-3-8(12(13,14)15)5-9(16)4-7/h3-5H,6,17H2,1-2H3,(H,18,19). The zero-order valence-corrected chi connectivity index (χ0v) is 12.6. The molecule has 1 amide bonds. The summed E-state index contributed by atoms with van der Waals surface area (Å²) < 4.78 is 38.3. The third-order valence-corrected chi connectivity index (χ3v) is 3.07. The molecule has 19 heavy (non-hydrogen) atoms. The molecule has 0 atom stereocenters. The number of carbonyl (C=O) groups is 1. The molecule has 3 nitrogen and oxygen atoms in total. The second-order valence-corrected chi connectivity index (χ2v) is 6.01. The summed E-state index contributed by atoms with van der Waals surface area (Å²) in [6, 6.07) is 3.23. The molecule has 0 aliphatic rings. The molecule has 7 heteroatoms. The Morgan fingerprint density at radius 3 is 2.37 bits per heavy atom. The minimum atomic E-state index is -4.47. The minimum absolute atomic E-state index is 0.0271. The molecule has 0 aliphatic carbocycles. The summed E-state index contributed by atoms with van der Waals surface area (Å²) in [7, 11) is 0. The summed E-state index contributed by atoms with van der Waals surface area (Å²) in [5, 5.41) is 2.59. The van der Waals surface area contributed by atoms with Gasteiger partial charge in [-0.05, 0) is 54.6 Å². The van der Waals surface area contributed by atoms with Crippen molar-refractivity contribution < 1.29 is 18.0 Å².